The molecule has 1 aliphatic heterocycles. The standard InChI is InChI=1S/C18H28N2O2/c1-12-9-13(2)18(14(3)10-12)22-11-17(21)20-7-5-16(6-8-20)15(4)19/h9-10,15-16H,5-8,11,19H2,1-4H3. The SMILES string of the molecule is Cc1cc(C)c(OCC(=O)N2CCC(C(C)N)CC2)c(C)c1. The highest BCUT2D eigenvalue weighted by Gasteiger charge is 2.25. The van der Waals surface area contributed by atoms with Gasteiger partial charge in [-0.3, -0.25) is 4.79 Å². The maximum absolute atomic E-state index is 12.3. The Labute approximate surface area is 133 Å². The molecule has 0 spiro atoms. The highest BCUT2D eigenvalue weighted by atomic mass is 16.5. The van der Waals surface area contributed by atoms with Crippen molar-refractivity contribution in [3.8, 4) is 5.75 Å². The summed E-state index contributed by atoms with van der Waals surface area (Å²) < 4.78 is 5.80. The predicted molar refractivity (Wildman–Crippen MR) is 89.1 cm³/mol. The second-order valence-corrected chi connectivity index (χ2v) is 6.59. The number of likely N-dealkylation sites (tertiary alicyclic amines) is 1. The Balaban J connectivity index is 1.89. The van der Waals surface area contributed by atoms with Crippen LogP contribution >= 0.6 is 0 Å². The van der Waals surface area contributed by atoms with Gasteiger partial charge in [0.05, 0.1) is 0 Å². The van der Waals surface area contributed by atoms with Gasteiger partial charge in [-0.05, 0) is 57.6 Å². The lowest BCUT2D eigenvalue weighted by Crippen LogP contribution is -2.44. The van der Waals surface area contributed by atoms with Crippen LogP contribution in [-0.2, 0) is 4.79 Å². The average Bonchev–Trinajstić information content (AvgIpc) is 2.46. The molecule has 0 aromatic heterocycles. The van der Waals surface area contributed by atoms with Crippen LogP contribution in [-0.4, -0.2) is 36.5 Å². The third-order valence-corrected chi connectivity index (χ3v) is 4.58. The number of aryl methyl sites for hydroxylation is 3. The fraction of sp³-hybridized carbons (Fsp3) is 0.611. The number of rotatable bonds is 4. The summed E-state index contributed by atoms with van der Waals surface area (Å²) in [7, 11) is 0. The summed E-state index contributed by atoms with van der Waals surface area (Å²) in [6.45, 7) is 9.86. The van der Waals surface area contributed by atoms with Gasteiger partial charge in [-0.15, -0.1) is 0 Å². The molecule has 4 nitrogen and oxygen atoms in total. The summed E-state index contributed by atoms with van der Waals surface area (Å²) in [5.74, 6) is 1.44. The van der Waals surface area contributed by atoms with Crippen molar-refractivity contribution >= 4 is 5.91 Å². The minimum atomic E-state index is 0.0718. The fourth-order valence-electron chi connectivity index (χ4n) is 3.29. The van der Waals surface area contributed by atoms with Gasteiger partial charge in [-0.2, -0.15) is 0 Å². The number of ether oxygens (including phenoxy) is 1. The lowest BCUT2D eigenvalue weighted by molar-refractivity contribution is -0.134. The van der Waals surface area contributed by atoms with Crippen LogP contribution in [0.3, 0.4) is 0 Å². The molecule has 1 aromatic rings. The number of hydrogen-bond acceptors (Lipinski definition) is 3. The van der Waals surface area contributed by atoms with E-state index in [2.05, 4.69) is 19.1 Å². The van der Waals surface area contributed by atoms with Crippen molar-refractivity contribution < 1.29 is 9.53 Å². The molecule has 22 heavy (non-hydrogen) atoms. The Bertz CT molecular complexity index is 509. The third kappa shape index (κ3) is 4.01. The number of carbonyl (C=O) groups excluding carboxylic acids is 1. The summed E-state index contributed by atoms with van der Waals surface area (Å²) in [4.78, 5) is 14.2. The molecule has 0 aliphatic carbocycles. The first-order valence-electron chi connectivity index (χ1n) is 8.12. The van der Waals surface area contributed by atoms with E-state index in [9.17, 15) is 4.79 Å². The Morgan fingerprint density at radius 1 is 1.27 bits per heavy atom. The van der Waals surface area contributed by atoms with E-state index in [4.69, 9.17) is 10.5 Å². The molecule has 0 bridgehead atoms. The molecule has 1 amide bonds. The van der Waals surface area contributed by atoms with Crippen molar-refractivity contribution in [2.75, 3.05) is 19.7 Å². The lowest BCUT2D eigenvalue weighted by atomic mass is 9.91. The van der Waals surface area contributed by atoms with Crippen molar-refractivity contribution in [2.24, 2.45) is 11.7 Å². The van der Waals surface area contributed by atoms with Gasteiger partial charge in [-0.1, -0.05) is 17.7 Å². The van der Waals surface area contributed by atoms with Crippen LogP contribution < -0.4 is 10.5 Å². The molecule has 1 saturated heterocycles. The predicted octanol–water partition coefficient (Wildman–Crippen LogP) is 2.58. The largest absolute Gasteiger partial charge is 0.483 e. The van der Waals surface area contributed by atoms with Crippen LogP contribution in [0.4, 0.5) is 0 Å². The molecule has 1 atom stereocenters. The van der Waals surface area contributed by atoms with Crippen LogP contribution in [0.2, 0.25) is 0 Å². The zero-order valence-corrected chi connectivity index (χ0v) is 14.2. The molecular formula is C18H28N2O2. The Hall–Kier alpha value is -1.55. The van der Waals surface area contributed by atoms with Gasteiger partial charge >= 0.3 is 0 Å². The Kier molecular flexibility index (Phi) is 5.46. The first kappa shape index (κ1) is 16.8. The summed E-state index contributed by atoms with van der Waals surface area (Å²) >= 11 is 0. The van der Waals surface area contributed by atoms with E-state index in [-0.39, 0.29) is 18.6 Å². The number of benzene rings is 1. The number of hydrogen-bond donors (Lipinski definition) is 1. The van der Waals surface area contributed by atoms with Crippen LogP contribution in [0.1, 0.15) is 36.5 Å². The van der Waals surface area contributed by atoms with Gasteiger partial charge in [0.25, 0.3) is 5.91 Å². The minimum absolute atomic E-state index is 0.0718. The van der Waals surface area contributed by atoms with Crippen LogP contribution in [0, 0.1) is 26.7 Å². The van der Waals surface area contributed by atoms with Gasteiger partial charge in [0.15, 0.2) is 6.61 Å². The Morgan fingerprint density at radius 2 is 1.82 bits per heavy atom. The highest BCUT2D eigenvalue weighted by Crippen LogP contribution is 2.25. The van der Waals surface area contributed by atoms with Crippen LogP contribution in [0.25, 0.3) is 0 Å². The molecule has 122 valence electrons. The molecule has 1 fully saturated rings. The number of nitrogens with two attached hydrogens (primary N) is 1. The normalized spacial score (nSPS) is 17.4. The van der Waals surface area contributed by atoms with E-state index in [0.29, 0.717) is 5.92 Å². The monoisotopic (exact) mass is 304 g/mol. The van der Waals surface area contributed by atoms with Crippen molar-refractivity contribution in [2.45, 2.75) is 46.6 Å². The van der Waals surface area contributed by atoms with Crippen molar-refractivity contribution in [1.29, 1.82) is 0 Å². The molecule has 1 heterocycles. The topological polar surface area (TPSA) is 55.6 Å². The second kappa shape index (κ2) is 7.14. The zero-order chi connectivity index (χ0) is 16.3. The quantitative estimate of drug-likeness (QED) is 0.930. The first-order valence-corrected chi connectivity index (χ1v) is 8.12. The average molecular weight is 304 g/mol. The summed E-state index contributed by atoms with van der Waals surface area (Å²) in [6.07, 6.45) is 1.98. The smallest absolute Gasteiger partial charge is 0.260 e. The molecule has 1 aliphatic rings. The number of nitrogens with zero attached hydrogens (tertiary/aromatic N) is 1. The number of piperidine rings is 1. The number of amides is 1. The molecule has 0 saturated carbocycles. The van der Waals surface area contributed by atoms with E-state index in [0.717, 1.165) is 42.8 Å². The third-order valence-electron chi connectivity index (χ3n) is 4.58. The Morgan fingerprint density at radius 3 is 2.32 bits per heavy atom. The maximum atomic E-state index is 12.3. The first-order chi connectivity index (χ1) is 10.4. The van der Waals surface area contributed by atoms with Crippen LogP contribution in [0.15, 0.2) is 12.1 Å². The van der Waals surface area contributed by atoms with E-state index < -0.39 is 0 Å². The molecule has 0 radical (unpaired) electrons. The summed E-state index contributed by atoms with van der Waals surface area (Å²) in [5, 5.41) is 0. The van der Waals surface area contributed by atoms with E-state index in [1.165, 1.54) is 5.56 Å². The van der Waals surface area contributed by atoms with Gasteiger partial charge in [0.2, 0.25) is 0 Å². The second-order valence-electron chi connectivity index (χ2n) is 6.59. The maximum Gasteiger partial charge on any atom is 0.260 e. The fourth-order valence-corrected chi connectivity index (χ4v) is 3.29. The van der Waals surface area contributed by atoms with Gasteiger partial charge in [0.1, 0.15) is 5.75 Å². The van der Waals surface area contributed by atoms with Crippen molar-refractivity contribution in [1.82, 2.24) is 4.90 Å². The summed E-state index contributed by atoms with van der Waals surface area (Å²) in [5.41, 5.74) is 9.32. The zero-order valence-electron chi connectivity index (χ0n) is 14.2. The van der Waals surface area contributed by atoms with E-state index in [1.807, 2.05) is 25.7 Å². The van der Waals surface area contributed by atoms with Crippen molar-refractivity contribution in [3.63, 3.8) is 0 Å². The minimum Gasteiger partial charge on any atom is -0.483 e. The molecular weight excluding hydrogens is 276 g/mol. The lowest BCUT2D eigenvalue weighted by Gasteiger charge is -2.33. The molecule has 2 rings (SSSR count). The molecule has 2 N–H and O–H groups in total. The van der Waals surface area contributed by atoms with E-state index >= 15 is 0 Å². The molecule has 1 unspecified atom stereocenters. The van der Waals surface area contributed by atoms with Gasteiger partial charge in [0, 0.05) is 19.1 Å². The number of carbonyl (C=O) groups is 1. The van der Waals surface area contributed by atoms with Crippen molar-refractivity contribution in [3.05, 3.63) is 28.8 Å². The van der Waals surface area contributed by atoms with Gasteiger partial charge < -0.3 is 15.4 Å². The highest BCUT2D eigenvalue weighted by molar-refractivity contribution is 5.78. The molecule has 4 heteroatoms. The van der Waals surface area contributed by atoms with E-state index in [1.54, 1.807) is 0 Å². The molecule has 1 aromatic carbocycles. The van der Waals surface area contributed by atoms with Crippen LogP contribution in [0.5, 0.6) is 5.75 Å². The summed E-state index contributed by atoms with van der Waals surface area (Å²) in [6, 6.07) is 4.38. The van der Waals surface area contributed by atoms with Gasteiger partial charge in [-0.25, -0.2) is 0 Å².